The van der Waals surface area contributed by atoms with Gasteiger partial charge in [0.2, 0.25) is 0 Å². The second-order valence-corrected chi connectivity index (χ2v) is 10.8. The highest BCUT2D eigenvalue weighted by atomic mass is 15.2. The molecule has 202 valence electrons. The van der Waals surface area contributed by atoms with E-state index in [2.05, 4.69) is 124 Å². The summed E-state index contributed by atoms with van der Waals surface area (Å²) in [5.74, 6) is 0. The summed E-state index contributed by atoms with van der Waals surface area (Å²) in [4.78, 5) is 5.05. The molecular weight excluding hydrogens is 460 g/mol. The van der Waals surface area contributed by atoms with Gasteiger partial charge in [-0.15, -0.1) is 0 Å². The number of allylic oxidation sites excluding steroid dienone is 4. The summed E-state index contributed by atoms with van der Waals surface area (Å²) in [6, 6.07) is 19.4. The SMILES string of the molecule is CCCC1C(CC)=CC(CC)=CN1c1ccc(-c2ccc(N3C=C(CC)C=C(CC)C3CCC)cc2)cc1. The van der Waals surface area contributed by atoms with E-state index in [-0.39, 0.29) is 0 Å². The second-order valence-electron chi connectivity index (χ2n) is 10.8. The molecule has 2 unspecified atom stereocenters. The van der Waals surface area contributed by atoms with Crippen LogP contribution in [0.4, 0.5) is 11.4 Å². The third-order valence-corrected chi connectivity index (χ3v) is 8.30. The van der Waals surface area contributed by atoms with Crippen molar-refractivity contribution in [3.05, 3.63) is 95.4 Å². The largest absolute Gasteiger partial charge is 0.341 e. The molecular formula is C36H48N2. The number of hydrogen-bond donors (Lipinski definition) is 0. The van der Waals surface area contributed by atoms with Crippen LogP contribution in [0.2, 0.25) is 0 Å². The third kappa shape index (κ3) is 6.01. The quantitative estimate of drug-likeness (QED) is 0.298. The van der Waals surface area contributed by atoms with Crippen LogP contribution in [0.15, 0.2) is 95.4 Å². The molecule has 38 heavy (non-hydrogen) atoms. The minimum Gasteiger partial charge on any atom is -0.341 e. The normalized spacial score (nSPS) is 19.6. The van der Waals surface area contributed by atoms with Crippen molar-refractivity contribution in [1.82, 2.24) is 0 Å². The summed E-state index contributed by atoms with van der Waals surface area (Å²) >= 11 is 0. The molecule has 2 aromatic rings. The van der Waals surface area contributed by atoms with E-state index in [1.165, 1.54) is 59.3 Å². The number of hydrogen-bond acceptors (Lipinski definition) is 2. The fourth-order valence-electron chi connectivity index (χ4n) is 6.06. The average Bonchev–Trinajstić information content (AvgIpc) is 2.97. The van der Waals surface area contributed by atoms with Gasteiger partial charge < -0.3 is 9.80 Å². The summed E-state index contributed by atoms with van der Waals surface area (Å²) < 4.78 is 0. The van der Waals surface area contributed by atoms with Gasteiger partial charge in [-0.3, -0.25) is 0 Å². The maximum Gasteiger partial charge on any atom is 0.0548 e. The molecule has 0 bridgehead atoms. The van der Waals surface area contributed by atoms with Crippen molar-refractivity contribution < 1.29 is 0 Å². The molecule has 0 fully saturated rings. The molecule has 0 aromatic heterocycles. The number of rotatable bonds is 11. The van der Waals surface area contributed by atoms with E-state index in [9.17, 15) is 0 Å². The van der Waals surface area contributed by atoms with Crippen LogP contribution in [0.5, 0.6) is 0 Å². The first kappa shape index (κ1) is 28.0. The molecule has 2 aromatic carbocycles. The predicted molar refractivity (Wildman–Crippen MR) is 168 cm³/mol. The number of benzene rings is 2. The number of anilines is 2. The van der Waals surface area contributed by atoms with Gasteiger partial charge in [-0.2, -0.15) is 0 Å². The Labute approximate surface area is 232 Å². The van der Waals surface area contributed by atoms with Crippen LogP contribution < -0.4 is 9.80 Å². The van der Waals surface area contributed by atoms with Gasteiger partial charge in [-0.25, -0.2) is 0 Å². The van der Waals surface area contributed by atoms with Gasteiger partial charge >= 0.3 is 0 Å². The summed E-state index contributed by atoms with van der Waals surface area (Å²) in [5.41, 5.74) is 11.1. The molecule has 0 saturated carbocycles. The number of nitrogens with zero attached hydrogens (tertiary/aromatic N) is 2. The first-order valence-electron chi connectivity index (χ1n) is 15.2. The van der Waals surface area contributed by atoms with Gasteiger partial charge in [0.1, 0.15) is 0 Å². The Balaban J connectivity index is 1.57. The van der Waals surface area contributed by atoms with Crippen LogP contribution in [-0.2, 0) is 0 Å². The van der Waals surface area contributed by atoms with E-state index in [1.54, 1.807) is 11.1 Å². The van der Waals surface area contributed by atoms with E-state index in [1.807, 2.05) is 0 Å². The first-order chi connectivity index (χ1) is 18.6. The Bertz CT molecular complexity index is 1080. The Morgan fingerprint density at radius 1 is 0.500 bits per heavy atom. The van der Waals surface area contributed by atoms with Crippen molar-refractivity contribution in [2.75, 3.05) is 9.80 Å². The molecule has 2 nitrogen and oxygen atoms in total. The maximum atomic E-state index is 2.52. The van der Waals surface area contributed by atoms with Gasteiger partial charge in [0.15, 0.2) is 0 Å². The van der Waals surface area contributed by atoms with Crippen molar-refractivity contribution in [3.63, 3.8) is 0 Å². The van der Waals surface area contributed by atoms with Crippen LogP contribution in [0.25, 0.3) is 11.1 Å². The molecule has 0 aliphatic carbocycles. The minimum absolute atomic E-state index is 0.467. The molecule has 2 aliphatic heterocycles. The van der Waals surface area contributed by atoms with Gasteiger partial charge in [0.25, 0.3) is 0 Å². The smallest absolute Gasteiger partial charge is 0.0548 e. The lowest BCUT2D eigenvalue weighted by Crippen LogP contribution is -2.35. The maximum absolute atomic E-state index is 2.52. The van der Waals surface area contributed by atoms with Crippen LogP contribution >= 0.6 is 0 Å². The summed E-state index contributed by atoms with van der Waals surface area (Å²) in [6.07, 6.45) is 18.8. The highest BCUT2D eigenvalue weighted by molar-refractivity contribution is 5.70. The van der Waals surface area contributed by atoms with Crippen molar-refractivity contribution in [3.8, 4) is 11.1 Å². The van der Waals surface area contributed by atoms with Gasteiger partial charge in [0, 0.05) is 23.8 Å². The van der Waals surface area contributed by atoms with Crippen LogP contribution in [0.1, 0.15) is 92.9 Å². The molecule has 2 aliphatic rings. The zero-order chi connectivity index (χ0) is 27.1. The molecule has 4 rings (SSSR count). The van der Waals surface area contributed by atoms with Crippen LogP contribution in [0.3, 0.4) is 0 Å². The zero-order valence-electron chi connectivity index (χ0n) is 24.6. The van der Waals surface area contributed by atoms with Crippen LogP contribution in [-0.4, -0.2) is 12.1 Å². The summed E-state index contributed by atoms with van der Waals surface area (Å²) in [7, 11) is 0. The van der Waals surface area contributed by atoms with Crippen molar-refractivity contribution >= 4 is 11.4 Å². The van der Waals surface area contributed by atoms with E-state index in [4.69, 9.17) is 0 Å². The topological polar surface area (TPSA) is 6.48 Å². The Hall–Kier alpha value is -3.00. The molecule has 0 radical (unpaired) electrons. The first-order valence-corrected chi connectivity index (χ1v) is 15.2. The van der Waals surface area contributed by atoms with Gasteiger partial charge in [0.05, 0.1) is 12.1 Å². The van der Waals surface area contributed by atoms with Gasteiger partial charge in [-0.05, 0) is 96.2 Å². The Morgan fingerprint density at radius 2 is 0.868 bits per heavy atom. The molecule has 2 heteroatoms. The molecule has 0 spiro atoms. The summed E-state index contributed by atoms with van der Waals surface area (Å²) in [5, 5.41) is 0. The standard InChI is InChI=1S/C36H48N2/c1-7-13-35-29(11-5)23-27(9-3)25-37(35)33-19-15-31(16-20-33)32-17-21-34(22-18-32)38-26-28(10-4)24-30(12-6)36(38)14-8-2/h15-26,35-36H,7-14H2,1-6H3. The highest BCUT2D eigenvalue weighted by Gasteiger charge is 2.25. The van der Waals surface area contributed by atoms with Gasteiger partial charge in [-0.1, -0.05) is 90.8 Å². The fraction of sp³-hybridized carbons (Fsp3) is 0.444. The molecule has 0 N–H and O–H groups in total. The van der Waals surface area contributed by atoms with Crippen molar-refractivity contribution in [2.45, 2.75) is 105 Å². The molecule has 0 amide bonds. The van der Waals surface area contributed by atoms with E-state index in [0.29, 0.717) is 12.1 Å². The highest BCUT2D eigenvalue weighted by Crippen LogP contribution is 2.35. The van der Waals surface area contributed by atoms with E-state index in [0.717, 1.165) is 25.7 Å². The molecule has 2 atom stereocenters. The lowest BCUT2D eigenvalue weighted by molar-refractivity contribution is 0.626. The lowest BCUT2D eigenvalue weighted by atomic mass is 9.91. The second kappa shape index (κ2) is 13.2. The zero-order valence-corrected chi connectivity index (χ0v) is 24.6. The Kier molecular flexibility index (Phi) is 9.72. The van der Waals surface area contributed by atoms with E-state index >= 15 is 0 Å². The van der Waals surface area contributed by atoms with Crippen LogP contribution in [0, 0.1) is 0 Å². The third-order valence-electron chi connectivity index (χ3n) is 8.30. The molecule has 2 heterocycles. The fourth-order valence-corrected chi connectivity index (χ4v) is 6.06. The predicted octanol–water partition coefficient (Wildman–Crippen LogP) is 10.6. The van der Waals surface area contributed by atoms with Crippen molar-refractivity contribution in [1.29, 1.82) is 0 Å². The van der Waals surface area contributed by atoms with E-state index < -0.39 is 0 Å². The Morgan fingerprint density at radius 3 is 1.16 bits per heavy atom. The minimum atomic E-state index is 0.467. The van der Waals surface area contributed by atoms with Crippen molar-refractivity contribution in [2.24, 2.45) is 0 Å². The average molecular weight is 509 g/mol. The molecule has 0 saturated heterocycles. The summed E-state index contributed by atoms with van der Waals surface area (Å²) in [6.45, 7) is 13.7. The monoisotopic (exact) mass is 508 g/mol. The lowest BCUT2D eigenvalue weighted by Gasteiger charge is -2.36.